The summed E-state index contributed by atoms with van der Waals surface area (Å²) in [5.41, 5.74) is 2.70. The van der Waals surface area contributed by atoms with Gasteiger partial charge in [-0.05, 0) is 30.7 Å². The minimum atomic E-state index is 0.0111. The standard InChI is InChI=1S/C14H12ClNO/c1-10-8-14(17)9-13(16-10)7-4-11-2-5-12(15)6-3-11/h2-9H,1H3,(H,16,17)/b7-4+. The van der Waals surface area contributed by atoms with Gasteiger partial charge < -0.3 is 4.98 Å². The highest BCUT2D eigenvalue weighted by molar-refractivity contribution is 6.30. The highest BCUT2D eigenvalue weighted by atomic mass is 35.5. The molecule has 0 bridgehead atoms. The smallest absolute Gasteiger partial charge is 0.182 e. The fourth-order valence-corrected chi connectivity index (χ4v) is 1.68. The summed E-state index contributed by atoms with van der Waals surface area (Å²) >= 11 is 5.80. The predicted octanol–water partition coefficient (Wildman–Crippen LogP) is 3.51. The quantitative estimate of drug-likeness (QED) is 0.863. The van der Waals surface area contributed by atoms with Crippen LogP contribution in [0.5, 0.6) is 0 Å². The molecule has 0 aliphatic rings. The maximum atomic E-state index is 11.3. The van der Waals surface area contributed by atoms with Crippen LogP contribution < -0.4 is 5.43 Å². The van der Waals surface area contributed by atoms with E-state index in [0.717, 1.165) is 17.0 Å². The molecule has 1 heterocycles. The molecule has 0 spiro atoms. The van der Waals surface area contributed by atoms with E-state index in [1.807, 2.05) is 43.3 Å². The van der Waals surface area contributed by atoms with Crippen molar-refractivity contribution in [3.8, 4) is 0 Å². The topological polar surface area (TPSA) is 32.9 Å². The van der Waals surface area contributed by atoms with Gasteiger partial charge in [-0.2, -0.15) is 0 Å². The van der Waals surface area contributed by atoms with E-state index in [2.05, 4.69) is 4.98 Å². The predicted molar refractivity (Wildman–Crippen MR) is 72.2 cm³/mol. The lowest BCUT2D eigenvalue weighted by Gasteiger charge is -1.97. The summed E-state index contributed by atoms with van der Waals surface area (Å²) in [4.78, 5) is 14.4. The molecule has 0 fully saturated rings. The van der Waals surface area contributed by atoms with Crippen molar-refractivity contribution in [2.75, 3.05) is 0 Å². The van der Waals surface area contributed by atoms with Crippen molar-refractivity contribution in [3.05, 3.63) is 68.6 Å². The first-order valence-electron chi connectivity index (χ1n) is 5.28. The number of halogens is 1. The van der Waals surface area contributed by atoms with Crippen LogP contribution in [0.15, 0.2) is 41.2 Å². The van der Waals surface area contributed by atoms with Crippen LogP contribution in [-0.2, 0) is 0 Å². The molecule has 0 aliphatic heterocycles. The van der Waals surface area contributed by atoms with E-state index < -0.39 is 0 Å². The van der Waals surface area contributed by atoms with E-state index in [1.54, 1.807) is 12.1 Å². The van der Waals surface area contributed by atoms with Gasteiger partial charge in [0, 0.05) is 28.5 Å². The van der Waals surface area contributed by atoms with Gasteiger partial charge >= 0.3 is 0 Å². The van der Waals surface area contributed by atoms with Crippen LogP contribution in [0.1, 0.15) is 17.0 Å². The summed E-state index contributed by atoms with van der Waals surface area (Å²) in [6, 6.07) is 10.7. The fraction of sp³-hybridized carbons (Fsp3) is 0.0714. The molecule has 17 heavy (non-hydrogen) atoms. The number of rotatable bonds is 2. The molecular weight excluding hydrogens is 234 g/mol. The number of aromatic nitrogens is 1. The van der Waals surface area contributed by atoms with Crippen molar-refractivity contribution in [2.45, 2.75) is 6.92 Å². The van der Waals surface area contributed by atoms with E-state index in [1.165, 1.54) is 0 Å². The maximum absolute atomic E-state index is 11.3. The van der Waals surface area contributed by atoms with Crippen molar-refractivity contribution in [1.82, 2.24) is 4.98 Å². The third-order valence-corrected chi connectivity index (χ3v) is 2.58. The third-order valence-electron chi connectivity index (χ3n) is 2.32. The Bertz CT molecular complexity index is 596. The van der Waals surface area contributed by atoms with Crippen LogP contribution >= 0.6 is 11.6 Å². The first kappa shape index (κ1) is 11.7. The number of pyridine rings is 1. The van der Waals surface area contributed by atoms with Gasteiger partial charge in [-0.15, -0.1) is 0 Å². The van der Waals surface area contributed by atoms with Crippen molar-refractivity contribution in [2.24, 2.45) is 0 Å². The average molecular weight is 246 g/mol. The Labute approximate surface area is 105 Å². The molecule has 2 aromatic rings. The molecule has 3 heteroatoms. The molecule has 0 saturated carbocycles. The molecule has 0 aliphatic carbocycles. The molecule has 1 N–H and O–H groups in total. The summed E-state index contributed by atoms with van der Waals surface area (Å²) in [6.07, 6.45) is 3.80. The highest BCUT2D eigenvalue weighted by Gasteiger charge is 1.92. The lowest BCUT2D eigenvalue weighted by Crippen LogP contribution is -2.01. The summed E-state index contributed by atoms with van der Waals surface area (Å²) in [7, 11) is 0. The van der Waals surface area contributed by atoms with Crippen LogP contribution in [0, 0.1) is 6.92 Å². The summed E-state index contributed by atoms with van der Waals surface area (Å²) in [6.45, 7) is 1.86. The molecule has 86 valence electrons. The highest BCUT2D eigenvalue weighted by Crippen LogP contribution is 2.11. The Morgan fingerprint density at radius 2 is 1.82 bits per heavy atom. The molecule has 1 aromatic carbocycles. The zero-order valence-electron chi connectivity index (χ0n) is 9.41. The van der Waals surface area contributed by atoms with Crippen molar-refractivity contribution in [3.63, 3.8) is 0 Å². The molecule has 2 rings (SSSR count). The second kappa shape index (κ2) is 5.02. The zero-order chi connectivity index (χ0) is 12.3. The molecule has 0 amide bonds. The first-order chi connectivity index (χ1) is 8.13. The van der Waals surface area contributed by atoms with E-state index in [0.29, 0.717) is 5.02 Å². The number of hydrogen-bond donors (Lipinski definition) is 1. The van der Waals surface area contributed by atoms with E-state index in [9.17, 15) is 4.79 Å². The van der Waals surface area contributed by atoms with Gasteiger partial charge in [0.05, 0.1) is 0 Å². The Morgan fingerprint density at radius 1 is 1.12 bits per heavy atom. The van der Waals surface area contributed by atoms with Crippen molar-refractivity contribution < 1.29 is 0 Å². The summed E-state index contributed by atoms with van der Waals surface area (Å²) in [5, 5.41) is 0.714. The third kappa shape index (κ3) is 3.33. The van der Waals surface area contributed by atoms with E-state index >= 15 is 0 Å². The summed E-state index contributed by atoms with van der Waals surface area (Å²) < 4.78 is 0. The Hall–Kier alpha value is -1.80. The average Bonchev–Trinajstić information content (AvgIpc) is 2.27. The molecule has 0 unspecified atom stereocenters. The minimum absolute atomic E-state index is 0.0111. The van der Waals surface area contributed by atoms with Crippen LogP contribution in [-0.4, -0.2) is 4.98 Å². The Morgan fingerprint density at radius 3 is 2.47 bits per heavy atom. The van der Waals surface area contributed by atoms with E-state index in [-0.39, 0.29) is 5.43 Å². The molecule has 0 radical (unpaired) electrons. The van der Waals surface area contributed by atoms with Gasteiger partial charge in [0.2, 0.25) is 0 Å². The van der Waals surface area contributed by atoms with Crippen LogP contribution in [0.25, 0.3) is 12.2 Å². The monoisotopic (exact) mass is 245 g/mol. The maximum Gasteiger partial charge on any atom is 0.182 e. The SMILES string of the molecule is Cc1cc(=O)cc(/C=C/c2ccc(Cl)cc2)[nH]1. The van der Waals surface area contributed by atoms with E-state index in [4.69, 9.17) is 11.6 Å². The number of aryl methyl sites for hydroxylation is 1. The fourth-order valence-electron chi connectivity index (χ4n) is 1.56. The van der Waals surface area contributed by atoms with Crippen LogP contribution in [0.4, 0.5) is 0 Å². The second-order valence-corrected chi connectivity index (χ2v) is 4.28. The van der Waals surface area contributed by atoms with Gasteiger partial charge in [0.25, 0.3) is 0 Å². The van der Waals surface area contributed by atoms with Crippen molar-refractivity contribution in [1.29, 1.82) is 0 Å². The Balaban J connectivity index is 2.25. The largest absolute Gasteiger partial charge is 0.359 e. The second-order valence-electron chi connectivity index (χ2n) is 3.84. The minimum Gasteiger partial charge on any atom is -0.359 e. The number of hydrogen-bond acceptors (Lipinski definition) is 1. The van der Waals surface area contributed by atoms with Crippen molar-refractivity contribution >= 4 is 23.8 Å². The van der Waals surface area contributed by atoms with Gasteiger partial charge in [-0.3, -0.25) is 4.79 Å². The number of H-pyrrole nitrogens is 1. The lowest BCUT2D eigenvalue weighted by molar-refractivity contribution is 1.17. The lowest BCUT2D eigenvalue weighted by atomic mass is 10.2. The van der Waals surface area contributed by atoms with Gasteiger partial charge in [-0.25, -0.2) is 0 Å². The van der Waals surface area contributed by atoms with Gasteiger partial charge in [0.15, 0.2) is 5.43 Å². The molecule has 0 atom stereocenters. The van der Waals surface area contributed by atoms with Gasteiger partial charge in [0.1, 0.15) is 0 Å². The first-order valence-corrected chi connectivity index (χ1v) is 5.66. The van der Waals surface area contributed by atoms with Gasteiger partial charge in [-0.1, -0.05) is 29.8 Å². The normalized spacial score (nSPS) is 10.9. The zero-order valence-corrected chi connectivity index (χ0v) is 10.2. The molecule has 2 nitrogen and oxygen atoms in total. The van der Waals surface area contributed by atoms with Crippen LogP contribution in [0.3, 0.4) is 0 Å². The number of nitrogens with one attached hydrogen (secondary N) is 1. The molecule has 1 aromatic heterocycles. The molecule has 0 saturated heterocycles. The number of benzene rings is 1. The molecular formula is C14H12ClNO. The number of aromatic amines is 1. The Kier molecular flexibility index (Phi) is 3.45. The van der Waals surface area contributed by atoms with Crippen LogP contribution in [0.2, 0.25) is 5.02 Å². The summed E-state index contributed by atoms with van der Waals surface area (Å²) in [5.74, 6) is 0.